The normalized spacial score (nSPS) is 11.1. The number of carbonyl (C=O) groups excluding carboxylic acids is 1. The Morgan fingerprint density at radius 3 is 2.73 bits per heavy atom. The van der Waals surface area contributed by atoms with E-state index in [-0.39, 0.29) is 11.4 Å². The standard InChI is InChI=1S/C12H23NO2/c1-5-8-12(3,4)10-13-9-7-11(14)15-6-2/h5,13H,1,6-10H2,2-4H3. The molecule has 0 aromatic rings. The van der Waals surface area contributed by atoms with E-state index in [0.29, 0.717) is 19.6 Å². The van der Waals surface area contributed by atoms with E-state index in [2.05, 4.69) is 25.7 Å². The van der Waals surface area contributed by atoms with Crippen molar-refractivity contribution in [1.82, 2.24) is 5.32 Å². The van der Waals surface area contributed by atoms with Gasteiger partial charge in [0, 0.05) is 13.1 Å². The van der Waals surface area contributed by atoms with Crippen LogP contribution in [0.25, 0.3) is 0 Å². The molecule has 0 bridgehead atoms. The summed E-state index contributed by atoms with van der Waals surface area (Å²) in [5.41, 5.74) is 0.205. The van der Waals surface area contributed by atoms with Gasteiger partial charge in [-0.1, -0.05) is 19.9 Å². The van der Waals surface area contributed by atoms with Crippen molar-refractivity contribution >= 4 is 5.97 Å². The summed E-state index contributed by atoms with van der Waals surface area (Å²) in [6, 6.07) is 0. The molecule has 88 valence electrons. The average molecular weight is 213 g/mol. The molecule has 0 fully saturated rings. The Morgan fingerprint density at radius 1 is 1.53 bits per heavy atom. The van der Waals surface area contributed by atoms with Crippen molar-refractivity contribution in [3.63, 3.8) is 0 Å². The summed E-state index contributed by atoms with van der Waals surface area (Å²) in [7, 11) is 0. The number of hydrogen-bond donors (Lipinski definition) is 1. The van der Waals surface area contributed by atoms with Crippen molar-refractivity contribution in [2.45, 2.75) is 33.6 Å². The number of esters is 1. The molecule has 0 radical (unpaired) electrons. The molecule has 15 heavy (non-hydrogen) atoms. The van der Waals surface area contributed by atoms with Gasteiger partial charge >= 0.3 is 5.97 Å². The van der Waals surface area contributed by atoms with Crippen LogP contribution in [0.4, 0.5) is 0 Å². The zero-order chi connectivity index (χ0) is 11.7. The lowest BCUT2D eigenvalue weighted by Gasteiger charge is -2.23. The monoisotopic (exact) mass is 213 g/mol. The van der Waals surface area contributed by atoms with Gasteiger partial charge in [-0.2, -0.15) is 0 Å². The largest absolute Gasteiger partial charge is 0.466 e. The quantitative estimate of drug-likeness (QED) is 0.381. The molecule has 0 saturated heterocycles. The molecule has 0 rings (SSSR count). The molecule has 0 aliphatic heterocycles. The molecule has 0 saturated carbocycles. The van der Waals surface area contributed by atoms with Gasteiger partial charge in [-0.15, -0.1) is 6.58 Å². The fraction of sp³-hybridized carbons (Fsp3) is 0.750. The van der Waals surface area contributed by atoms with E-state index >= 15 is 0 Å². The molecule has 0 atom stereocenters. The van der Waals surface area contributed by atoms with Gasteiger partial charge in [0.1, 0.15) is 0 Å². The Balaban J connectivity index is 3.53. The van der Waals surface area contributed by atoms with Crippen molar-refractivity contribution in [3.05, 3.63) is 12.7 Å². The Labute approximate surface area is 92.9 Å². The number of allylic oxidation sites excluding steroid dienone is 1. The predicted octanol–water partition coefficient (Wildman–Crippen LogP) is 2.13. The zero-order valence-corrected chi connectivity index (χ0v) is 10.1. The summed E-state index contributed by atoms with van der Waals surface area (Å²) >= 11 is 0. The molecule has 0 aromatic carbocycles. The Kier molecular flexibility index (Phi) is 7.05. The van der Waals surface area contributed by atoms with E-state index in [1.165, 1.54) is 0 Å². The lowest BCUT2D eigenvalue weighted by Crippen LogP contribution is -2.30. The first kappa shape index (κ1) is 14.2. The van der Waals surface area contributed by atoms with Crippen molar-refractivity contribution in [1.29, 1.82) is 0 Å². The molecule has 1 N–H and O–H groups in total. The molecular formula is C12H23NO2. The van der Waals surface area contributed by atoms with E-state index in [9.17, 15) is 4.79 Å². The molecule has 0 aromatic heterocycles. The van der Waals surface area contributed by atoms with Gasteiger partial charge in [-0.3, -0.25) is 4.79 Å². The van der Waals surface area contributed by atoms with Crippen molar-refractivity contribution in [3.8, 4) is 0 Å². The highest BCUT2D eigenvalue weighted by Gasteiger charge is 2.14. The highest BCUT2D eigenvalue weighted by molar-refractivity contribution is 5.69. The van der Waals surface area contributed by atoms with Crippen LogP contribution in [0.5, 0.6) is 0 Å². The first-order chi connectivity index (χ1) is 7.02. The Hall–Kier alpha value is -0.830. The first-order valence-electron chi connectivity index (χ1n) is 5.49. The highest BCUT2D eigenvalue weighted by Crippen LogP contribution is 2.18. The molecule has 0 heterocycles. The molecule has 0 unspecified atom stereocenters. The molecule has 0 aliphatic rings. The Bertz CT molecular complexity index is 200. The van der Waals surface area contributed by atoms with Crippen molar-refractivity contribution in [2.24, 2.45) is 5.41 Å². The second-order valence-electron chi connectivity index (χ2n) is 4.39. The van der Waals surface area contributed by atoms with Crippen LogP contribution in [-0.2, 0) is 9.53 Å². The maximum atomic E-state index is 11.0. The summed E-state index contributed by atoms with van der Waals surface area (Å²) in [6.45, 7) is 11.9. The van der Waals surface area contributed by atoms with Gasteiger partial charge in [-0.25, -0.2) is 0 Å². The van der Waals surface area contributed by atoms with Crippen LogP contribution in [0.15, 0.2) is 12.7 Å². The minimum atomic E-state index is -0.133. The van der Waals surface area contributed by atoms with Crippen LogP contribution in [-0.4, -0.2) is 25.7 Å². The number of ether oxygens (including phenoxy) is 1. The van der Waals surface area contributed by atoms with Gasteiger partial charge in [0.15, 0.2) is 0 Å². The third kappa shape index (κ3) is 8.18. The smallest absolute Gasteiger partial charge is 0.307 e. The summed E-state index contributed by atoms with van der Waals surface area (Å²) in [6.07, 6.45) is 3.34. The van der Waals surface area contributed by atoms with Crippen molar-refractivity contribution < 1.29 is 9.53 Å². The molecule has 3 nitrogen and oxygen atoms in total. The second kappa shape index (κ2) is 7.46. The number of nitrogens with one attached hydrogen (secondary N) is 1. The summed E-state index contributed by atoms with van der Waals surface area (Å²) < 4.78 is 4.83. The lowest BCUT2D eigenvalue weighted by molar-refractivity contribution is -0.142. The van der Waals surface area contributed by atoms with Crippen molar-refractivity contribution in [2.75, 3.05) is 19.7 Å². The van der Waals surface area contributed by atoms with E-state index in [1.807, 2.05) is 13.0 Å². The summed E-state index contributed by atoms with van der Waals surface area (Å²) in [5.74, 6) is -0.133. The first-order valence-corrected chi connectivity index (χ1v) is 5.49. The number of rotatable bonds is 8. The van der Waals surface area contributed by atoms with Gasteiger partial charge in [0.05, 0.1) is 13.0 Å². The van der Waals surface area contributed by atoms with E-state index in [4.69, 9.17) is 4.74 Å². The third-order valence-electron chi connectivity index (χ3n) is 2.11. The molecule has 0 aliphatic carbocycles. The lowest BCUT2D eigenvalue weighted by atomic mass is 9.89. The van der Waals surface area contributed by atoms with Crippen LogP contribution in [0.1, 0.15) is 33.6 Å². The fourth-order valence-electron chi connectivity index (χ4n) is 1.31. The Morgan fingerprint density at radius 2 is 2.20 bits per heavy atom. The average Bonchev–Trinajstić information content (AvgIpc) is 2.13. The maximum Gasteiger partial charge on any atom is 0.307 e. The molecule has 0 spiro atoms. The van der Waals surface area contributed by atoms with Crippen LogP contribution in [0.3, 0.4) is 0 Å². The van der Waals surface area contributed by atoms with Gasteiger partial charge < -0.3 is 10.1 Å². The molecular weight excluding hydrogens is 190 g/mol. The van der Waals surface area contributed by atoms with Gasteiger partial charge in [0.2, 0.25) is 0 Å². The zero-order valence-electron chi connectivity index (χ0n) is 10.1. The van der Waals surface area contributed by atoms with E-state index < -0.39 is 0 Å². The maximum absolute atomic E-state index is 11.0. The summed E-state index contributed by atoms with van der Waals surface area (Å²) in [5, 5.41) is 3.25. The van der Waals surface area contributed by atoms with E-state index in [1.54, 1.807) is 0 Å². The minimum absolute atomic E-state index is 0.133. The summed E-state index contributed by atoms with van der Waals surface area (Å²) in [4.78, 5) is 11.0. The predicted molar refractivity (Wildman–Crippen MR) is 62.7 cm³/mol. The number of carbonyl (C=O) groups is 1. The fourth-order valence-corrected chi connectivity index (χ4v) is 1.31. The topological polar surface area (TPSA) is 38.3 Å². The minimum Gasteiger partial charge on any atom is -0.466 e. The third-order valence-corrected chi connectivity index (χ3v) is 2.11. The van der Waals surface area contributed by atoms with Crippen LogP contribution >= 0.6 is 0 Å². The SMILES string of the molecule is C=CCC(C)(C)CNCCC(=O)OCC. The molecule has 3 heteroatoms. The molecule has 0 amide bonds. The van der Waals surface area contributed by atoms with Crippen LogP contribution in [0.2, 0.25) is 0 Å². The highest BCUT2D eigenvalue weighted by atomic mass is 16.5. The second-order valence-corrected chi connectivity index (χ2v) is 4.39. The van der Waals surface area contributed by atoms with Gasteiger partial charge in [0.25, 0.3) is 0 Å². The van der Waals surface area contributed by atoms with E-state index in [0.717, 1.165) is 13.0 Å². The van der Waals surface area contributed by atoms with Crippen LogP contribution < -0.4 is 5.32 Å². The van der Waals surface area contributed by atoms with Crippen LogP contribution in [0, 0.1) is 5.41 Å². The van der Waals surface area contributed by atoms with Gasteiger partial charge in [-0.05, 0) is 18.8 Å². The number of hydrogen-bond acceptors (Lipinski definition) is 3.